The smallest absolute Gasteiger partial charge is 0.244 e. The van der Waals surface area contributed by atoms with Gasteiger partial charge in [0.15, 0.2) is 11.5 Å². The van der Waals surface area contributed by atoms with Gasteiger partial charge in [0, 0.05) is 45.0 Å². The second-order valence-electron chi connectivity index (χ2n) is 6.60. The van der Waals surface area contributed by atoms with Gasteiger partial charge in [0.05, 0.1) is 21.3 Å². The lowest BCUT2D eigenvalue weighted by atomic mass is 10.1. The highest BCUT2D eigenvalue weighted by molar-refractivity contribution is 5.91. The zero-order chi connectivity index (χ0) is 22.1. The van der Waals surface area contributed by atoms with Crippen LogP contribution in [0.1, 0.15) is 11.3 Å². The van der Waals surface area contributed by atoms with Crippen molar-refractivity contribution in [1.82, 2.24) is 15.3 Å². The summed E-state index contributed by atoms with van der Waals surface area (Å²) in [7, 11) is 8.48. The molecule has 0 aliphatic carbocycles. The Morgan fingerprint density at radius 3 is 2.27 bits per heavy atom. The first-order valence-corrected chi connectivity index (χ1v) is 9.40. The van der Waals surface area contributed by atoms with Gasteiger partial charge in [-0.2, -0.15) is 4.98 Å². The van der Waals surface area contributed by atoms with E-state index in [-0.39, 0.29) is 5.91 Å². The highest BCUT2D eigenvalue weighted by Gasteiger charge is 2.12. The summed E-state index contributed by atoms with van der Waals surface area (Å²) in [6.07, 6.45) is 3.13. The number of ether oxygens (including phenoxy) is 3. The topological polar surface area (TPSA) is 97.8 Å². The van der Waals surface area contributed by atoms with E-state index in [9.17, 15) is 4.79 Å². The lowest BCUT2D eigenvalue weighted by molar-refractivity contribution is -0.116. The molecule has 162 valence electrons. The molecule has 1 amide bonds. The van der Waals surface area contributed by atoms with Crippen molar-refractivity contribution in [3.63, 3.8) is 0 Å². The third-order valence-corrected chi connectivity index (χ3v) is 4.12. The van der Waals surface area contributed by atoms with Gasteiger partial charge >= 0.3 is 0 Å². The number of methoxy groups -OCH3 is 3. The molecule has 1 heterocycles. The van der Waals surface area contributed by atoms with Gasteiger partial charge < -0.3 is 29.7 Å². The number of hydrogen-bond donors (Lipinski definition) is 2. The van der Waals surface area contributed by atoms with Gasteiger partial charge in [0.2, 0.25) is 17.6 Å². The molecule has 0 atom stereocenters. The molecule has 9 heteroatoms. The molecule has 1 aromatic heterocycles. The van der Waals surface area contributed by atoms with E-state index >= 15 is 0 Å². The lowest BCUT2D eigenvalue weighted by Gasteiger charge is -2.13. The number of rotatable bonds is 10. The Kier molecular flexibility index (Phi) is 8.28. The second-order valence-corrected chi connectivity index (χ2v) is 6.60. The van der Waals surface area contributed by atoms with Crippen LogP contribution >= 0.6 is 0 Å². The molecule has 0 fully saturated rings. The number of amides is 1. The Balaban J connectivity index is 1.90. The maximum absolute atomic E-state index is 12.1. The highest BCUT2D eigenvalue weighted by atomic mass is 16.5. The predicted octanol–water partition coefficient (Wildman–Crippen LogP) is 2.12. The van der Waals surface area contributed by atoms with Crippen molar-refractivity contribution in [2.45, 2.75) is 6.92 Å². The van der Waals surface area contributed by atoms with E-state index in [1.54, 1.807) is 39.5 Å². The number of nitrogens with one attached hydrogen (secondary N) is 2. The Labute approximate surface area is 177 Å². The van der Waals surface area contributed by atoms with Crippen LogP contribution in [0.3, 0.4) is 0 Å². The Bertz CT molecular complexity index is 874. The van der Waals surface area contributed by atoms with Crippen LogP contribution in [0.4, 0.5) is 11.8 Å². The Hall–Kier alpha value is -3.49. The largest absolute Gasteiger partial charge is 0.493 e. The van der Waals surface area contributed by atoms with Gasteiger partial charge in [-0.15, -0.1) is 0 Å². The first-order valence-electron chi connectivity index (χ1n) is 9.40. The first kappa shape index (κ1) is 22.8. The molecule has 30 heavy (non-hydrogen) atoms. The van der Waals surface area contributed by atoms with E-state index in [1.807, 2.05) is 32.0 Å². The van der Waals surface area contributed by atoms with Crippen molar-refractivity contribution in [3.05, 3.63) is 35.5 Å². The summed E-state index contributed by atoms with van der Waals surface area (Å²) in [4.78, 5) is 22.8. The summed E-state index contributed by atoms with van der Waals surface area (Å²) in [5.74, 6) is 2.68. The van der Waals surface area contributed by atoms with Crippen LogP contribution in [-0.2, 0) is 4.79 Å². The standard InChI is InChI=1S/C21H29N5O4/c1-14-11-18(26(2)3)25-21(24-14)23-10-9-22-19(27)8-7-15-12-16(28-4)20(30-6)17(13-15)29-5/h7-8,11-13H,9-10H2,1-6H3,(H,22,27)(H,23,24,25)/b8-7+. The molecule has 1 aromatic carbocycles. The molecule has 2 N–H and O–H groups in total. The minimum Gasteiger partial charge on any atom is -0.493 e. The molecule has 0 radical (unpaired) electrons. The van der Waals surface area contributed by atoms with Crippen LogP contribution in [0.2, 0.25) is 0 Å². The van der Waals surface area contributed by atoms with Crippen molar-refractivity contribution in [3.8, 4) is 17.2 Å². The molecule has 2 rings (SSSR count). The maximum atomic E-state index is 12.1. The normalized spacial score (nSPS) is 10.6. The van der Waals surface area contributed by atoms with Crippen molar-refractivity contribution in [1.29, 1.82) is 0 Å². The number of aryl methyl sites for hydroxylation is 1. The van der Waals surface area contributed by atoms with Gasteiger partial charge in [-0.05, 0) is 30.7 Å². The van der Waals surface area contributed by atoms with Crippen molar-refractivity contribution >= 4 is 23.7 Å². The number of aromatic nitrogens is 2. The Morgan fingerprint density at radius 1 is 1.03 bits per heavy atom. The van der Waals surface area contributed by atoms with Crippen LogP contribution in [0, 0.1) is 6.92 Å². The van der Waals surface area contributed by atoms with E-state index in [2.05, 4.69) is 20.6 Å². The molecular formula is C21H29N5O4. The van der Waals surface area contributed by atoms with E-state index < -0.39 is 0 Å². The van der Waals surface area contributed by atoms with Crippen molar-refractivity contribution in [2.24, 2.45) is 0 Å². The molecule has 0 saturated heterocycles. The van der Waals surface area contributed by atoms with E-state index in [0.29, 0.717) is 36.3 Å². The first-order chi connectivity index (χ1) is 14.4. The van der Waals surface area contributed by atoms with Gasteiger partial charge in [0.25, 0.3) is 0 Å². The molecule has 9 nitrogen and oxygen atoms in total. The number of carbonyl (C=O) groups is 1. The maximum Gasteiger partial charge on any atom is 0.244 e. The summed E-state index contributed by atoms with van der Waals surface area (Å²) in [5, 5.41) is 5.93. The number of nitrogens with zero attached hydrogens (tertiary/aromatic N) is 3. The minimum absolute atomic E-state index is 0.218. The third-order valence-electron chi connectivity index (χ3n) is 4.12. The summed E-state index contributed by atoms with van der Waals surface area (Å²) in [5.41, 5.74) is 1.62. The number of benzene rings is 1. The molecule has 0 aliphatic rings. The summed E-state index contributed by atoms with van der Waals surface area (Å²) < 4.78 is 15.9. The highest BCUT2D eigenvalue weighted by Crippen LogP contribution is 2.38. The molecule has 0 saturated carbocycles. The molecule has 0 unspecified atom stereocenters. The fraction of sp³-hybridized carbons (Fsp3) is 0.381. The summed E-state index contributed by atoms with van der Waals surface area (Å²) in [6, 6.07) is 5.44. The van der Waals surface area contributed by atoms with Crippen LogP contribution in [0.25, 0.3) is 6.08 Å². The SMILES string of the molecule is COc1cc(/C=C/C(=O)NCCNc2nc(C)cc(N(C)C)n2)cc(OC)c1OC. The Morgan fingerprint density at radius 2 is 1.70 bits per heavy atom. The van der Waals surface area contributed by atoms with E-state index in [0.717, 1.165) is 17.1 Å². The van der Waals surface area contributed by atoms with Crippen molar-refractivity contribution in [2.75, 3.05) is 58.7 Å². The van der Waals surface area contributed by atoms with Crippen LogP contribution in [-0.4, -0.2) is 64.4 Å². The zero-order valence-corrected chi connectivity index (χ0v) is 18.3. The molecule has 0 aliphatic heterocycles. The third kappa shape index (κ3) is 6.26. The van der Waals surface area contributed by atoms with Gasteiger partial charge in [0.1, 0.15) is 5.82 Å². The molecule has 2 aromatic rings. The lowest BCUT2D eigenvalue weighted by Crippen LogP contribution is -2.27. The fourth-order valence-electron chi connectivity index (χ4n) is 2.65. The van der Waals surface area contributed by atoms with Gasteiger partial charge in [-0.25, -0.2) is 4.98 Å². The number of anilines is 2. The minimum atomic E-state index is -0.218. The fourth-order valence-corrected chi connectivity index (χ4v) is 2.65. The molecule has 0 spiro atoms. The number of carbonyl (C=O) groups excluding carboxylic acids is 1. The average molecular weight is 415 g/mol. The van der Waals surface area contributed by atoms with Crippen LogP contribution in [0.5, 0.6) is 17.2 Å². The van der Waals surface area contributed by atoms with Crippen LogP contribution < -0.4 is 29.7 Å². The predicted molar refractivity (Wildman–Crippen MR) is 118 cm³/mol. The summed E-state index contributed by atoms with van der Waals surface area (Å²) >= 11 is 0. The monoisotopic (exact) mass is 415 g/mol. The van der Waals surface area contributed by atoms with Crippen LogP contribution in [0.15, 0.2) is 24.3 Å². The van der Waals surface area contributed by atoms with Gasteiger partial charge in [-0.3, -0.25) is 4.79 Å². The van der Waals surface area contributed by atoms with Crippen molar-refractivity contribution < 1.29 is 19.0 Å². The van der Waals surface area contributed by atoms with Gasteiger partial charge in [-0.1, -0.05) is 0 Å². The molecular weight excluding hydrogens is 386 g/mol. The zero-order valence-electron chi connectivity index (χ0n) is 18.3. The second kappa shape index (κ2) is 10.9. The summed E-state index contributed by atoms with van der Waals surface area (Å²) in [6.45, 7) is 2.84. The quantitative estimate of drug-likeness (QED) is 0.450. The average Bonchev–Trinajstić information content (AvgIpc) is 2.73. The molecule has 0 bridgehead atoms. The van der Waals surface area contributed by atoms with E-state index in [1.165, 1.54) is 6.08 Å². The number of hydrogen-bond acceptors (Lipinski definition) is 8. The van der Waals surface area contributed by atoms with E-state index in [4.69, 9.17) is 14.2 Å².